The second-order valence-electron chi connectivity index (χ2n) is 8.80. The standard InChI is InChI=1S/C27H31N3O3S/c1-21-8-12-24(13-9-21)22(2)28-27(31)25-14-10-23(11-15-25)20-29-16-18-30(19-17-29)34(32,33)26-6-4-3-5-7-26/h3-15,22H,16-20H2,1-2H3,(H,28,31). The Hall–Kier alpha value is -3.00. The molecule has 0 radical (unpaired) electrons. The topological polar surface area (TPSA) is 69.7 Å². The molecule has 0 aromatic heterocycles. The highest BCUT2D eigenvalue weighted by Gasteiger charge is 2.28. The van der Waals surface area contributed by atoms with Crippen LogP contribution in [0.1, 0.15) is 40.0 Å². The number of carbonyl (C=O) groups excluding carboxylic acids is 1. The van der Waals surface area contributed by atoms with E-state index in [0.29, 0.717) is 36.6 Å². The average Bonchev–Trinajstić information content (AvgIpc) is 2.85. The number of piperazine rings is 1. The van der Waals surface area contributed by atoms with Crippen molar-refractivity contribution in [1.29, 1.82) is 0 Å². The number of rotatable bonds is 7. The van der Waals surface area contributed by atoms with Gasteiger partial charge in [0.05, 0.1) is 10.9 Å². The van der Waals surface area contributed by atoms with Gasteiger partial charge in [-0.3, -0.25) is 9.69 Å². The highest BCUT2D eigenvalue weighted by atomic mass is 32.2. The van der Waals surface area contributed by atoms with Gasteiger partial charge >= 0.3 is 0 Å². The number of amides is 1. The van der Waals surface area contributed by atoms with Crippen LogP contribution in [0.3, 0.4) is 0 Å². The minimum Gasteiger partial charge on any atom is -0.346 e. The van der Waals surface area contributed by atoms with Gasteiger partial charge in [-0.15, -0.1) is 0 Å². The zero-order valence-corrected chi connectivity index (χ0v) is 20.5. The van der Waals surface area contributed by atoms with Gasteiger partial charge < -0.3 is 5.32 Å². The predicted molar refractivity (Wildman–Crippen MR) is 134 cm³/mol. The van der Waals surface area contributed by atoms with E-state index in [4.69, 9.17) is 0 Å². The van der Waals surface area contributed by atoms with Gasteiger partial charge in [-0.2, -0.15) is 4.31 Å². The first-order valence-electron chi connectivity index (χ1n) is 11.6. The van der Waals surface area contributed by atoms with Crippen LogP contribution in [0.5, 0.6) is 0 Å². The van der Waals surface area contributed by atoms with E-state index < -0.39 is 10.0 Å². The number of nitrogens with zero attached hydrogens (tertiary/aromatic N) is 2. The molecule has 1 fully saturated rings. The Morgan fingerprint density at radius 2 is 1.50 bits per heavy atom. The molecule has 0 spiro atoms. The molecular weight excluding hydrogens is 446 g/mol. The predicted octanol–water partition coefficient (Wildman–Crippen LogP) is 3.99. The molecule has 34 heavy (non-hydrogen) atoms. The molecule has 178 valence electrons. The zero-order valence-electron chi connectivity index (χ0n) is 19.6. The highest BCUT2D eigenvalue weighted by Crippen LogP contribution is 2.19. The number of benzene rings is 3. The van der Waals surface area contributed by atoms with E-state index in [1.54, 1.807) is 28.6 Å². The van der Waals surface area contributed by atoms with E-state index in [-0.39, 0.29) is 11.9 Å². The number of sulfonamides is 1. The summed E-state index contributed by atoms with van der Waals surface area (Å²) < 4.78 is 27.2. The second kappa shape index (κ2) is 10.5. The summed E-state index contributed by atoms with van der Waals surface area (Å²) in [5.41, 5.74) is 3.99. The van der Waals surface area contributed by atoms with Crippen LogP contribution >= 0.6 is 0 Å². The SMILES string of the molecule is Cc1ccc(C(C)NC(=O)c2ccc(CN3CCN(S(=O)(=O)c4ccccc4)CC3)cc2)cc1. The third-order valence-corrected chi connectivity index (χ3v) is 8.17. The fraction of sp³-hybridized carbons (Fsp3) is 0.296. The smallest absolute Gasteiger partial charge is 0.251 e. The first kappa shape index (κ1) is 24.1. The maximum atomic E-state index is 12.8. The summed E-state index contributed by atoms with van der Waals surface area (Å²) in [4.78, 5) is 15.2. The fourth-order valence-corrected chi connectivity index (χ4v) is 5.55. The summed E-state index contributed by atoms with van der Waals surface area (Å²) in [5.74, 6) is -0.0978. The number of carbonyl (C=O) groups is 1. The van der Waals surface area contributed by atoms with Gasteiger partial charge in [-0.25, -0.2) is 8.42 Å². The summed E-state index contributed by atoms with van der Waals surface area (Å²) in [6, 6.07) is 24.3. The van der Waals surface area contributed by atoms with Crippen molar-refractivity contribution < 1.29 is 13.2 Å². The van der Waals surface area contributed by atoms with E-state index in [9.17, 15) is 13.2 Å². The molecular formula is C27H31N3O3S. The monoisotopic (exact) mass is 477 g/mol. The number of hydrogen-bond donors (Lipinski definition) is 1. The van der Waals surface area contributed by atoms with Crippen LogP contribution in [-0.2, 0) is 16.6 Å². The van der Waals surface area contributed by atoms with Crippen molar-refractivity contribution in [2.45, 2.75) is 31.3 Å². The average molecular weight is 478 g/mol. The normalized spacial score (nSPS) is 16.2. The summed E-state index contributed by atoms with van der Waals surface area (Å²) >= 11 is 0. The Kier molecular flexibility index (Phi) is 7.46. The quantitative estimate of drug-likeness (QED) is 0.559. The molecule has 1 aliphatic heterocycles. The molecule has 1 amide bonds. The van der Waals surface area contributed by atoms with Crippen LogP contribution in [0.15, 0.2) is 83.8 Å². The molecule has 1 saturated heterocycles. The molecule has 1 aliphatic rings. The molecule has 0 bridgehead atoms. The zero-order chi connectivity index (χ0) is 24.1. The van der Waals surface area contributed by atoms with Crippen LogP contribution in [0, 0.1) is 6.92 Å². The van der Waals surface area contributed by atoms with E-state index in [1.165, 1.54) is 5.56 Å². The molecule has 0 aliphatic carbocycles. The maximum absolute atomic E-state index is 12.8. The van der Waals surface area contributed by atoms with Crippen LogP contribution < -0.4 is 5.32 Å². The Bertz CT molecular complexity index is 1200. The number of nitrogens with one attached hydrogen (secondary N) is 1. The Balaban J connectivity index is 1.29. The molecule has 3 aromatic rings. The summed E-state index contributed by atoms with van der Waals surface area (Å²) in [7, 11) is -3.44. The molecule has 6 nitrogen and oxygen atoms in total. The minimum atomic E-state index is -3.44. The summed E-state index contributed by atoms with van der Waals surface area (Å²) in [5, 5.41) is 3.05. The molecule has 4 rings (SSSR count). The van der Waals surface area contributed by atoms with Gasteiger partial charge in [0, 0.05) is 38.3 Å². The molecule has 1 unspecified atom stereocenters. The van der Waals surface area contributed by atoms with Crippen LogP contribution in [-0.4, -0.2) is 49.7 Å². The molecule has 1 N–H and O–H groups in total. The van der Waals surface area contributed by atoms with Gasteiger partial charge in [0.1, 0.15) is 0 Å². The van der Waals surface area contributed by atoms with Crippen molar-refractivity contribution >= 4 is 15.9 Å². The van der Waals surface area contributed by atoms with Crippen LogP contribution in [0.25, 0.3) is 0 Å². The van der Waals surface area contributed by atoms with E-state index >= 15 is 0 Å². The molecule has 7 heteroatoms. The fourth-order valence-electron chi connectivity index (χ4n) is 4.11. The van der Waals surface area contributed by atoms with Crippen molar-refractivity contribution in [3.8, 4) is 0 Å². The second-order valence-corrected chi connectivity index (χ2v) is 10.7. The largest absolute Gasteiger partial charge is 0.346 e. The molecule has 1 heterocycles. The Morgan fingerprint density at radius 1 is 0.882 bits per heavy atom. The van der Waals surface area contributed by atoms with Gasteiger partial charge in [-0.05, 0) is 49.2 Å². The first-order valence-corrected chi connectivity index (χ1v) is 13.0. The van der Waals surface area contributed by atoms with Gasteiger partial charge in [0.2, 0.25) is 10.0 Å². The Morgan fingerprint density at radius 3 is 2.12 bits per heavy atom. The van der Waals surface area contributed by atoms with Crippen LogP contribution in [0.2, 0.25) is 0 Å². The summed E-state index contributed by atoms with van der Waals surface area (Å²) in [6.07, 6.45) is 0. The lowest BCUT2D eigenvalue weighted by Gasteiger charge is -2.34. The van der Waals surface area contributed by atoms with Crippen molar-refractivity contribution in [2.75, 3.05) is 26.2 Å². The third kappa shape index (κ3) is 5.73. The van der Waals surface area contributed by atoms with Gasteiger partial charge in [0.25, 0.3) is 5.91 Å². The number of hydrogen-bond acceptors (Lipinski definition) is 4. The van der Waals surface area contributed by atoms with Crippen molar-refractivity contribution in [3.63, 3.8) is 0 Å². The highest BCUT2D eigenvalue weighted by molar-refractivity contribution is 7.89. The van der Waals surface area contributed by atoms with E-state index in [1.807, 2.05) is 68.4 Å². The minimum absolute atomic E-state index is 0.0729. The lowest BCUT2D eigenvalue weighted by molar-refractivity contribution is 0.0940. The number of aryl methyl sites for hydroxylation is 1. The van der Waals surface area contributed by atoms with E-state index in [0.717, 1.165) is 17.7 Å². The van der Waals surface area contributed by atoms with E-state index in [2.05, 4.69) is 10.2 Å². The van der Waals surface area contributed by atoms with Crippen molar-refractivity contribution in [2.24, 2.45) is 0 Å². The van der Waals surface area contributed by atoms with Crippen molar-refractivity contribution in [1.82, 2.24) is 14.5 Å². The van der Waals surface area contributed by atoms with Crippen LogP contribution in [0.4, 0.5) is 0 Å². The first-order chi connectivity index (χ1) is 16.3. The third-order valence-electron chi connectivity index (χ3n) is 6.26. The van der Waals surface area contributed by atoms with Gasteiger partial charge in [0.15, 0.2) is 0 Å². The molecule has 0 saturated carbocycles. The Labute approximate surface area is 202 Å². The lowest BCUT2D eigenvalue weighted by atomic mass is 10.1. The van der Waals surface area contributed by atoms with Gasteiger partial charge in [-0.1, -0.05) is 60.2 Å². The summed E-state index contributed by atoms with van der Waals surface area (Å²) in [6.45, 7) is 7.02. The molecule has 3 aromatic carbocycles. The van der Waals surface area contributed by atoms with Crippen molar-refractivity contribution in [3.05, 3.63) is 101 Å². The molecule has 1 atom stereocenters. The lowest BCUT2D eigenvalue weighted by Crippen LogP contribution is -2.48. The maximum Gasteiger partial charge on any atom is 0.251 e.